The fourth-order valence-corrected chi connectivity index (χ4v) is 2.96. The first-order chi connectivity index (χ1) is 8.23. The monoisotopic (exact) mass is 234 g/mol. The first kappa shape index (κ1) is 12.4. The average molecular weight is 234 g/mol. The molecule has 2 fully saturated rings. The van der Waals surface area contributed by atoms with Gasteiger partial charge in [-0.3, -0.25) is 4.79 Å². The van der Waals surface area contributed by atoms with E-state index in [0.29, 0.717) is 24.4 Å². The van der Waals surface area contributed by atoms with Gasteiger partial charge in [0.1, 0.15) is 0 Å². The molecule has 3 nitrogen and oxygen atoms in total. The molecule has 3 heteroatoms. The fraction of sp³-hybridized carbons (Fsp3) is 0.643. The van der Waals surface area contributed by atoms with Gasteiger partial charge in [0.2, 0.25) is 5.91 Å². The minimum Gasteiger partial charge on any atom is -0.335 e. The number of hydrogen-bond acceptors (Lipinski definition) is 2. The molecule has 94 valence electrons. The summed E-state index contributed by atoms with van der Waals surface area (Å²) in [5.74, 6) is 0.552. The molecule has 0 bridgehead atoms. The van der Waals surface area contributed by atoms with Crippen LogP contribution >= 0.6 is 0 Å². The second-order valence-electron chi connectivity index (χ2n) is 5.19. The van der Waals surface area contributed by atoms with E-state index in [9.17, 15) is 4.79 Å². The molecule has 0 radical (unpaired) electrons. The molecule has 0 aromatic carbocycles. The van der Waals surface area contributed by atoms with Gasteiger partial charge in [-0.15, -0.1) is 13.2 Å². The van der Waals surface area contributed by atoms with Gasteiger partial charge in [0.25, 0.3) is 0 Å². The summed E-state index contributed by atoms with van der Waals surface area (Å²) in [5.41, 5.74) is 0.322. The minimum atomic E-state index is 0.254. The van der Waals surface area contributed by atoms with Crippen LogP contribution in [-0.2, 0) is 4.79 Å². The molecule has 2 rings (SSSR count). The summed E-state index contributed by atoms with van der Waals surface area (Å²) in [6.45, 7) is 10.8. The lowest BCUT2D eigenvalue weighted by Gasteiger charge is -2.25. The van der Waals surface area contributed by atoms with Gasteiger partial charge in [0.05, 0.1) is 0 Å². The summed E-state index contributed by atoms with van der Waals surface area (Å²) >= 11 is 0. The highest BCUT2D eigenvalue weighted by Gasteiger charge is 2.58. The van der Waals surface area contributed by atoms with Crippen molar-refractivity contribution in [3.63, 3.8) is 0 Å². The van der Waals surface area contributed by atoms with Gasteiger partial charge in [-0.1, -0.05) is 12.2 Å². The Morgan fingerprint density at radius 1 is 1.29 bits per heavy atom. The molecule has 1 N–H and O–H groups in total. The molecule has 17 heavy (non-hydrogen) atoms. The molecule has 1 unspecified atom stereocenters. The smallest absolute Gasteiger partial charge is 0.226 e. The first-order valence-corrected chi connectivity index (χ1v) is 6.45. The molecule has 1 heterocycles. The number of nitrogens with zero attached hydrogens (tertiary/aromatic N) is 1. The van der Waals surface area contributed by atoms with Crippen LogP contribution in [0.5, 0.6) is 0 Å². The van der Waals surface area contributed by atoms with Crippen molar-refractivity contribution in [2.24, 2.45) is 11.3 Å². The van der Waals surface area contributed by atoms with Crippen molar-refractivity contribution in [3.05, 3.63) is 25.3 Å². The molecule has 2 aliphatic rings. The summed E-state index contributed by atoms with van der Waals surface area (Å²) in [4.78, 5) is 14.2. The van der Waals surface area contributed by atoms with Crippen molar-refractivity contribution in [1.29, 1.82) is 0 Å². The molecular weight excluding hydrogens is 212 g/mol. The van der Waals surface area contributed by atoms with Gasteiger partial charge < -0.3 is 10.2 Å². The normalized spacial score (nSPS) is 25.3. The van der Waals surface area contributed by atoms with E-state index >= 15 is 0 Å². The predicted octanol–water partition coefficient (Wildman–Crippen LogP) is 1.58. The molecular formula is C14H22N2O. The Labute approximate surface area is 104 Å². The van der Waals surface area contributed by atoms with Crippen molar-refractivity contribution >= 4 is 5.91 Å². The Hall–Kier alpha value is -1.09. The lowest BCUT2D eigenvalue weighted by atomic mass is 9.91. The molecule has 1 atom stereocenters. The molecule has 1 aliphatic heterocycles. The molecule has 1 saturated heterocycles. The van der Waals surface area contributed by atoms with Crippen LogP contribution in [0, 0.1) is 11.3 Å². The Kier molecular flexibility index (Phi) is 3.67. The van der Waals surface area contributed by atoms with Crippen LogP contribution in [0.2, 0.25) is 0 Å². The zero-order chi connectivity index (χ0) is 12.3. The Morgan fingerprint density at radius 2 is 1.88 bits per heavy atom. The van der Waals surface area contributed by atoms with E-state index < -0.39 is 0 Å². The minimum absolute atomic E-state index is 0.254. The SMILES string of the molecule is C=CCN(CC=C)C(=O)C1CC12CCNCC2. The van der Waals surface area contributed by atoms with Gasteiger partial charge in [-0.05, 0) is 37.8 Å². The van der Waals surface area contributed by atoms with Gasteiger partial charge >= 0.3 is 0 Å². The second kappa shape index (κ2) is 5.05. The summed E-state index contributed by atoms with van der Waals surface area (Å²) in [7, 11) is 0. The highest BCUT2D eigenvalue weighted by Crippen LogP contribution is 2.59. The van der Waals surface area contributed by atoms with Gasteiger partial charge in [-0.25, -0.2) is 0 Å². The summed E-state index contributed by atoms with van der Waals surface area (Å²) in [6, 6.07) is 0. The number of carbonyl (C=O) groups excluding carboxylic acids is 1. The van der Waals surface area contributed by atoms with Gasteiger partial charge in [0.15, 0.2) is 0 Å². The van der Waals surface area contributed by atoms with Crippen molar-refractivity contribution in [2.45, 2.75) is 19.3 Å². The van der Waals surface area contributed by atoms with E-state index in [1.165, 1.54) is 0 Å². The highest BCUT2D eigenvalue weighted by atomic mass is 16.2. The zero-order valence-corrected chi connectivity index (χ0v) is 10.5. The number of rotatable bonds is 5. The summed E-state index contributed by atoms with van der Waals surface area (Å²) in [5, 5.41) is 3.36. The zero-order valence-electron chi connectivity index (χ0n) is 10.5. The van der Waals surface area contributed by atoms with Crippen LogP contribution in [0.15, 0.2) is 25.3 Å². The van der Waals surface area contributed by atoms with E-state index in [-0.39, 0.29) is 5.92 Å². The molecule has 1 saturated carbocycles. The van der Waals surface area contributed by atoms with Gasteiger partial charge in [0, 0.05) is 19.0 Å². The van der Waals surface area contributed by atoms with Crippen LogP contribution in [0.25, 0.3) is 0 Å². The third kappa shape index (κ3) is 2.44. The molecule has 1 aliphatic carbocycles. The molecule has 0 aromatic heterocycles. The predicted molar refractivity (Wildman–Crippen MR) is 69.6 cm³/mol. The van der Waals surface area contributed by atoms with Crippen LogP contribution in [0.1, 0.15) is 19.3 Å². The Bertz CT molecular complexity index is 308. The summed E-state index contributed by atoms with van der Waals surface area (Å²) < 4.78 is 0. The average Bonchev–Trinajstić information content (AvgIpc) is 3.03. The van der Waals surface area contributed by atoms with Crippen molar-refractivity contribution < 1.29 is 4.79 Å². The van der Waals surface area contributed by atoms with E-state index in [1.807, 2.05) is 4.90 Å². The number of piperidine rings is 1. The molecule has 0 aromatic rings. The van der Waals surface area contributed by atoms with Crippen LogP contribution in [-0.4, -0.2) is 37.0 Å². The number of amides is 1. The Balaban J connectivity index is 1.95. The quantitative estimate of drug-likeness (QED) is 0.732. The molecule has 1 spiro atoms. The van der Waals surface area contributed by atoms with E-state index in [2.05, 4.69) is 18.5 Å². The highest BCUT2D eigenvalue weighted by molar-refractivity contribution is 5.83. The van der Waals surface area contributed by atoms with Crippen molar-refractivity contribution in [2.75, 3.05) is 26.2 Å². The van der Waals surface area contributed by atoms with Crippen molar-refractivity contribution in [1.82, 2.24) is 10.2 Å². The number of hydrogen-bond donors (Lipinski definition) is 1. The topological polar surface area (TPSA) is 32.3 Å². The van der Waals surface area contributed by atoms with E-state index in [0.717, 1.165) is 32.4 Å². The maximum atomic E-state index is 12.4. The van der Waals surface area contributed by atoms with E-state index in [1.54, 1.807) is 12.2 Å². The fourth-order valence-electron chi connectivity index (χ4n) is 2.96. The standard InChI is InChI=1S/C14H22N2O/c1-3-9-16(10-4-2)13(17)12-11-14(12)5-7-15-8-6-14/h3-4,12,15H,1-2,5-11H2. The maximum Gasteiger partial charge on any atom is 0.226 e. The third-order valence-corrected chi connectivity index (χ3v) is 4.10. The lowest BCUT2D eigenvalue weighted by molar-refractivity contribution is -0.132. The number of carbonyl (C=O) groups is 1. The first-order valence-electron chi connectivity index (χ1n) is 6.45. The van der Waals surface area contributed by atoms with Crippen LogP contribution < -0.4 is 5.32 Å². The van der Waals surface area contributed by atoms with Gasteiger partial charge in [-0.2, -0.15) is 0 Å². The Morgan fingerprint density at radius 3 is 2.41 bits per heavy atom. The maximum absolute atomic E-state index is 12.4. The van der Waals surface area contributed by atoms with Crippen molar-refractivity contribution in [3.8, 4) is 0 Å². The summed E-state index contributed by atoms with van der Waals surface area (Å²) in [6.07, 6.45) is 6.97. The van der Waals surface area contributed by atoms with E-state index in [4.69, 9.17) is 0 Å². The van der Waals surface area contributed by atoms with Crippen LogP contribution in [0.3, 0.4) is 0 Å². The largest absolute Gasteiger partial charge is 0.335 e. The lowest BCUT2D eigenvalue weighted by Crippen LogP contribution is -2.36. The van der Waals surface area contributed by atoms with Crippen LogP contribution in [0.4, 0.5) is 0 Å². The molecule has 1 amide bonds. The second-order valence-corrected chi connectivity index (χ2v) is 5.19. The number of nitrogens with one attached hydrogen (secondary N) is 1. The third-order valence-electron chi connectivity index (χ3n) is 4.10.